The number of benzene rings is 1. The molecule has 1 aliphatic rings. The number of rotatable bonds is 8. The molecule has 1 amide bonds. The number of amides is 1. The normalized spacial score (nSPS) is 15.7. The molecule has 0 radical (unpaired) electrons. The first-order chi connectivity index (χ1) is 14.4. The molecular formula is C24H33N3O2S. The molecule has 1 aromatic heterocycles. The molecule has 0 bridgehead atoms. The molecule has 2 aromatic rings. The van der Waals surface area contributed by atoms with Crippen LogP contribution < -0.4 is 5.32 Å². The van der Waals surface area contributed by atoms with Crippen LogP contribution >= 0.6 is 11.8 Å². The lowest BCUT2D eigenvalue weighted by atomic mass is 9.95. The number of Topliss-reactive ketones (excluding diaryl/α,β-unsaturated/α-hetero) is 1. The zero-order valence-electron chi connectivity index (χ0n) is 18.5. The molecule has 1 atom stereocenters. The van der Waals surface area contributed by atoms with Crippen LogP contribution in [0.2, 0.25) is 0 Å². The fourth-order valence-corrected chi connectivity index (χ4v) is 5.26. The van der Waals surface area contributed by atoms with Crippen LogP contribution in [0, 0.1) is 13.8 Å². The zero-order valence-corrected chi connectivity index (χ0v) is 19.3. The Bertz CT molecular complexity index is 883. The highest BCUT2D eigenvalue weighted by molar-refractivity contribution is 8.00. The summed E-state index contributed by atoms with van der Waals surface area (Å²) in [6.07, 6.45) is 7.03. The van der Waals surface area contributed by atoms with Gasteiger partial charge in [0.05, 0.1) is 10.9 Å². The number of hydrogen-bond donors (Lipinski definition) is 1. The molecule has 1 aliphatic carbocycles. The van der Waals surface area contributed by atoms with Gasteiger partial charge in [-0.3, -0.25) is 9.59 Å². The van der Waals surface area contributed by atoms with E-state index in [1.165, 1.54) is 44.7 Å². The molecule has 1 saturated carbocycles. The molecule has 0 aliphatic heterocycles. The van der Waals surface area contributed by atoms with Crippen LogP contribution in [0.25, 0.3) is 0 Å². The largest absolute Gasteiger partial charge is 0.356 e. The second kappa shape index (κ2) is 10.3. The lowest BCUT2D eigenvalue weighted by Gasteiger charge is -2.26. The molecule has 1 N–H and O–H groups in total. The molecule has 162 valence electrons. The highest BCUT2D eigenvalue weighted by Crippen LogP contribution is 2.35. The van der Waals surface area contributed by atoms with E-state index in [1.807, 2.05) is 31.2 Å². The molecule has 6 heteroatoms. The minimum Gasteiger partial charge on any atom is -0.356 e. The first-order valence-electron chi connectivity index (χ1n) is 11.0. The van der Waals surface area contributed by atoms with E-state index in [4.69, 9.17) is 4.98 Å². The van der Waals surface area contributed by atoms with Gasteiger partial charge >= 0.3 is 0 Å². The predicted molar refractivity (Wildman–Crippen MR) is 122 cm³/mol. The van der Waals surface area contributed by atoms with Gasteiger partial charge < -0.3 is 9.88 Å². The van der Waals surface area contributed by atoms with Gasteiger partial charge in [0.25, 0.3) is 0 Å². The summed E-state index contributed by atoms with van der Waals surface area (Å²) in [5, 5.41) is 3.58. The molecule has 5 nitrogen and oxygen atoms in total. The smallest absolute Gasteiger partial charge is 0.216 e. The van der Waals surface area contributed by atoms with Crippen LogP contribution in [0.1, 0.15) is 79.3 Å². The number of nitrogens with zero attached hydrogens (tertiary/aromatic N) is 2. The number of carbonyl (C=O) groups excluding carboxylic acids is 2. The standard InChI is InChI=1S/C24H33N3O2S/c1-16-17(2)27(22-8-6-5-7-9-22)24(26-16)30-18(3)23(29)21-12-10-20(11-13-21)14-15-25-19(4)28/h10-13,18,22H,5-9,14-15H2,1-4H3,(H,25,28). The van der Waals surface area contributed by atoms with E-state index < -0.39 is 0 Å². The van der Waals surface area contributed by atoms with E-state index in [9.17, 15) is 9.59 Å². The highest BCUT2D eigenvalue weighted by atomic mass is 32.2. The van der Waals surface area contributed by atoms with Gasteiger partial charge in [-0.15, -0.1) is 0 Å². The summed E-state index contributed by atoms with van der Waals surface area (Å²) < 4.78 is 2.38. The summed E-state index contributed by atoms with van der Waals surface area (Å²) in [5.74, 6) is 0.103. The van der Waals surface area contributed by atoms with Crippen molar-refractivity contribution in [2.45, 2.75) is 82.7 Å². The Kier molecular flexibility index (Phi) is 7.75. The van der Waals surface area contributed by atoms with Crippen LogP contribution in [0.4, 0.5) is 0 Å². The molecule has 1 unspecified atom stereocenters. The van der Waals surface area contributed by atoms with Gasteiger partial charge in [0.2, 0.25) is 5.91 Å². The monoisotopic (exact) mass is 427 g/mol. The van der Waals surface area contributed by atoms with E-state index in [2.05, 4.69) is 23.7 Å². The van der Waals surface area contributed by atoms with Crippen molar-refractivity contribution in [3.63, 3.8) is 0 Å². The molecular weight excluding hydrogens is 394 g/mol. The third kappa shape index (κ3) is 5.54. The number of thioether (sulfide) groups is 1. The predicted octanol–water partition coefficient (Wildman–Crippen LogP) is 5.05. The minimum absolute atomic E-state index is 0.0234. The van der Waals surface area contributed by atoms with Crippen molar-refractivity contribution < 1.29 is 9.59 Å². The van der Waals surface area contributed by atoms with Gasteiger partial charge in [-0.2, -0.15) is 0 Å². The van der Waals surface area contributed by atoms with Crippen LogP contribution in [-0.4, -0.2) is 33.0 Å². The van der Waals surface area contributed by atoms with E-state index in [0.29, 0.717) is 12.6 Å². The van der Waals surface area contributed by atoms with Gasteiger partial charge in [-0.1, -0.05) is 55.3 Å². The van der Waals surface area contributed by atoms with E-state index in [-0.39, 0.29) is 16.9 Å². The van der Waals surface area contributed by atoms with Crippen LogP contribution in [0.5, 0.6) is 0 Å². The topological polar surface area (TPSA) is 64.0 Å². The number of imidazole rings is 1. The summed E-state index contributed by atoms with van der Waals surface area (Å²) in [4.78, 5) is 28.8. The highest BCUT2D eigenvalue weighted by Gasteiger charge is 2.25. The van der Waals surface area contributed by atoms with E-state index in [0.717, 1.165) is 28.4 Å². The average molecular weight is 428 g/mol. The summed E-state index contributed by atoms with van der Waals surface area (Å²) in [6, 6.07) is 8.25. The Morgan fingerprint density at radius 1 is 1.17 bits per heavy atom. The minimum atomic E-state index is -0.196. The van der Waals surface area contributed by atoms with E-state index in [1.54, 1.807) is 11.8 Å². The fourth-order valence-electron chi connectivity index (χ4n) is 4.11. The Hall–Kier alpha value is -2.08. The maximum absolute atomic E-state index is 13.0. The summed E-state index contributed by atoms with van der Waals surface area (Å²) in [7, 11) is 0. The number of nitrogens with one attached hydrogen (secondary N) is 1. The van der Waals surface area contributed by atoms with Gasteiger partial charge in [0, 0.05) is 30.8 Å². The maximum atomic E-state index is 13.0. The Morgan fingerprint density at radius 3 is 2.47 bits per heavy atom. The molecule has 3 rings (SSSR count). The van der Waals surface area contributed by atoms with Gasteiger partial charge in [-0.05, 0) is 45.6 Å². The summed E-state index contributed by atoms with van der Waals surface area (Å²) >= 11 is 1.58. The molecule has 1 fully saturated rings. The van der Waals surface area contributed by atoms with Crippen molar-refractivity contribution in [3.05, 3.63) is 46.8 Å². The second-order valence-corrected chi connectivity index (χ2v) is 9.59. The first-order valence-corrected chi connectivity index (χ1v) is 11.8. The van der Waals surface area contributed by atoms with Crippen molar-refractivity contribution in [2.75, 3.05) is 6.54 Å². The van der Waals surface area contributed by atoms with Gasteiger partial charge in [0.15, 0.2) is 10.9 Å². The lowest BCUT2D eigenvalue weighted by molar-refractivity contribution is -0.118. The number of aromatic nitrogens is 2. The zero-order chi connectivity index (χ0) is 21.7. The van der Waals surface area contributed by atoms with Crippen LogP contribution in [0.3, 0.4) is 0 Å². The number of aryl methyl sites for hydroxylation is 1. The lowest BCUT2D eigenvalue weighted by Crippen LogP contribution is -2.22. The van der Waals surface area contributed by atoms with Crippen molar-refractivity contribution in [2.24, 2.45) is 0 Å². The molecule has 0 spiro atoms. The quantitative estimate of drug-likeness (QED) is 0.473. The van der Waals surface area contributed by atoms with Crippen LogP contribution in [-0.2, 0) is 11.2 Å². The second-order valence-electron chi connectivity index (χ2n) is 8.28. The van der Waals surface area contributed by atoms with Crippen molar-refractivity contribution >= 4 is 23.5 Å². The van der Waals surface area contributed by atoms with Gasteiger partial charge in [0.1, 0.15) is 0 Å². The third-order valence-electron chi connectivity index (χ3n) is 5.97. The Morgan fingerprint density at radius 2 is 1.83 bits per heavy atom. The van der Waals surface area contributed by atoms with Gasteiger partial charge in [-0.25, -0.2) is 4.98 Å². The van der Waals surface area contributed by atoms with Crippen molar-refractivity contribution in [3.8, 4) is 0 Å². The average Bonchev–Trinajstić information content (AvgIpc) is 3.01. The molecule has 30 heavy (non-hydrogen) atoms. The van der Waals surface area contributed by atoms with E-state index >= 15 is 0 Å². The molecule has 1 heterocycles. The first kappa shape index (κ1) is 22.6. The van der Waals surface area contributed by atoms with Crippen LogP contribution in [0.15, 0.2) is 29.4 Å². The molecule has 0 saturated heterocycles. The summed E-state index contributed by atoms with van der Waals surface area (Å²) in [5.41, 5.74) is 4.13. The van der Waals surface area contributed by atoms with Crippen molar-refractivity contribution in [1.29, 1.82) is 0 Å². The maximum Gasteiger partial charge on any atom is 0.216 e. The number of carbonyl (C=O) groups is 2. The molecule has 1 aromatic carbocycles. The third-order valence-corrected chi connectivity index (χ3v) is 7.04. The van der Waals surface area contributed by atoms with Crippen molar-refractivity contribution in [1.82, 2.24) is 14.9 Å². The Labute approximate surface area is 184 Å². The Balaban J connectivity index is 1.67. The summed E-state index contributed by atoms with van der Waals surface area (Å²) in [6.45, 7) is 8.31. The number of hydrogen-bond acceptors (Lipinski definition) is 4. The number of ketones is 1. The fraction of sp³-hybridized carbons (Fsp3) is 0.542. The SMILES string of the molecule is CC(=O)NCCc1ccc(C(=O)C(C)Sc2nc(C)c(C)n2C2CCCCC2)cc1.